The van der Waals surface area contributed by atoms with Crippen molar-refractivity contribution >= 4 is 11.4 Å². The Morgan fingerprint density at radius 3 is 2.59 bits per heavy atom. The highest BCUT2D eigenvalue weighted by Gasteiger charge is 2.39. The number of methoxy groups -OCH3 is 1. The lowest BCUT2D eigenvalue weighted by Crippen LogP contribution is -2.57. The number of hydrogen-bond donors (Lipinski definition) is 2. The minimum Gasteiger partial charge on any atom is -0.497 e. The van der Waals surface area contributed by atoms with Crippen molar-refractivity contribution in [2.75, 3.05) is 43.8 Å². The van der Waals surface area contributed by atoms with Crippen molar-refractivity contribution in [3.63, 3.8) is 0 Å². The lowest BCUT2D eigenvalue weighted by atomic mass is 10.00. The molecule has 0 spiro atoms. The molecule has 0 unspecified atom stereocenters. The molecule has 144 valence electrons. The summed E-state index contributed by atoms with van der Waals surface area (Å²) in [6.07, 6.45) is -4.45. The number of β-amino-alcohol motifs (C(OH)–C–C–N with tert-alkyl or cyclic N) is 1. The summed E-state index contributed by atoms with van der Waals surface area (Å²) in [6, 6.07) is 9.11. The number of fused-ring (bicyclic) bond motifs is 1. The quantitative estimate of drug-likeness (QED) is 0.852. The molecule has 0 bridgehead atoms. The van der Waals surface area contributed by atoms with Crippen LogP contribution in [0.3, 0.4) is 0 Å². The zero-order valence-electron chi connectivity index (χ0n) is 14.6. The molecular weight excluding hydrogens is 361 g/mol. The number of nitrogens with zero attached hydrogens (tertiary/aromatic N) is 1. The number of rotatable bonds is 4. The lowest BCUT2D eigenvalue weighted by Gasteiger charge is -2.39. The molecule has 0 atom stereocenters. The second-order valence-corrected chi connectivity index (χ2v) is 6.93. The van der Waals surface area contributed by atoms with Crippen LogP contribution in [0.2, 0.25) is 0 Å². The summed E-state index contributed by atoms with van der Waals surface area (Å²) in [6.45, 7) is 1.57. The molecule has 0 amide bonds. The van der Waals surface area contributed by atoms with Gasteiger partial charge in [-0.1, -0.05) is 6.07 Å². The van der Waals surface area contributed by atoms with Crippen LogP contribution in [-0.2, 0) is 10.9 Å². The van der Waals surface area contributed by atoms with E-state index >= 15 is 0 Å². The van der Waals surface area contributed by atoms with E-state index in [2.05, 4.69) is 5.32 Å². The molecule has 1 fully saturated rings. The second-order valence-electron chi connectivity index (χ2n) is 6.93. The average molecular weight is 380 g/mol. The second kappa shape index (κ2) is 6.31. The molecule has 1 saturated heterocycles. The van der Waals surface area contributed by atoms with Crippen LogP contribution in [0, 0.1) is 0 Å². The molecule has 0 aromatic heterocycles. The van der Waals surface area contributed by atoms with Crippen molar-refractivity contribution in [3.05, 3.63) is 42.0 Å². The minimum atomic E-state index is -4.45. The standard InChI is InChI=1S/C19H19F3N2O3/c1-26-15-5-13(4-14(7-15)19(20,21)22)12-2-3-17-16(6-12)23-11-24(17)8-18(25)9-27-10-18/h2-7,23,25H,8-11H2,1H3. The van der Waals surface area contributed by atoms with Crippen molar-refractivity contribution in [1.82, 2.24) is 0 Å². The third-order valence-electron chi connectivity index (χ3n) is 4.83. The van der Waals surface area contributed by atoms with Crippen LogP contribution in [0.5, 0.6) is 5.75 Å². The van der Waals surface area contributed by atoms with E-state index in [1.807, 2.05) is 17.0 Å². The summed E-state index contributed by atoms with van der Waals surface area (Å²) in [5.41, 5.74) is 1.19. The van der Waals surface area contributed by atoms with E-state index in [4.69, 9.17) is 9.47 Å². The van der Waals surface area contributed by atoms with Crippen molar-refractivity contribution in [3.8, 4) is 16.9 Å². The van der Waals surface area contributed by atoms with Gasteiger partial charge in [0.25, 0.3) is 0 Å². The molecule has 27 heavy (non-hydrogen) atoms. The summed E-state index contributed by atoms with van der Waals surface area (Å²) in [5.74, 6) is 0.155. The van der Waals surface area contributed by atoms with Gasteiger partial charge in [-0.2, -0.15) is 13.2 Å². The van der Waals surface area contributed by atoms with Crippen LogP contribution < -0.4 is 15.0 Å². The zero-order valence-corrected chi connectivity index (χ0v) is 14.6. The predicted octanol–water partition coefficient (Wildman–Crippen LogP) is 3.33. The number of nitrogens with one attached hydrogen (secondary N) is 1. The maximum Gasteiger partial charge on any atom is 0.416 e. The van der Waals surface area contributed by atoms with Gasteiger partial charge in [-0.05, 0) is 41.5 Å². The molecule has 0 aliphatic carbocycles. The Hall–Kier alpha value is -2.45. The van der Waals surface area contributed by atoms with Crippen molar-refractivity contribution < 1.29 is 27.8 Å². The maximum atomic E-state index is 13.2. The van der Waals surface area contributed by atoms with E-state index in [1.165, 1.54) is 7.11 Å². The molecular formula is C19H19F3N2O3. The summed E-state index contributed by atoms with van der Waals surface area (Å²) in [5, 5.41) is 13.5. The fourth-order valence-corrected chi connectivity index (χ4v) is 3.37. The predicted molar refractivity (Wildman–Crippen MR) is 95.0 cm³/mol. The Labute approximate surface area is 154 Å². The monoisotopic (exact) mass is 380 g/mol. The first-order chi connectivity index (χ1) is 12.8. The van der Waals surface area contributed by atoms with E-state index in [0.29, 0.717) is 37.6 Å². The summed E-state index contributed by atoms with van der Waals surface area (Å²) in [4.78, 5) is 1.99. The van der Waals surface area contributed by atoms with Gasteiger partial charge in [0.2, 0.25) is 0 Å². The number of benzene rings is 2. The Bertz CT molecular complexity index is 866. The molecule has 5 nitrogen and oxygen atoms in total. The maximum absolute atomic E-state index is 13.2. The summed E-state index contributed by atoms with van der Waals surface area (Å²) in [7, 11) is 1.34. The molecule has 0 saturated carbocycles. The number of alkyl halides is 3. The van der Waals surface area contributed by atoms with Crippen LogP contribution in [-0.4, -0.2) is 44.2 Å². The highest BCUT2D eigenvalue weighted by Crippen LogP contribution is 2.39. The van der Waals surface area contributed by atoms with Gasteiger partial charge in [-0.3, -0.25) is 0 Å². The van der Waals surface area contributed by atoms with Crippen LogP contribution in [0.15, 0.2) is 36.4 Å². The first kappa shape index (κ1) is 17.9. The summed E-state index contributed by atoms with van der Waals surface area (Å²) < 4.78 is 49.6. The fourth-order valence-electron chi connectivity index (χ4n) is 3.37. The van der Waals surface area contributed by atoms with Gasteiger partial charge in [-0.15, -0.1) is 0 Å². The molecule has 2 N–H and O–H groups in total. The molecule has 2 aromatic carbocycles. The minimum absolute atomic E-state index is 0.155. The molecule has 4 rings (SSSR count). The van der Waals surface area contributed by atoms with Gasteiger partial charge in [-0.25, -0.2) is 0 Å². The van der Waals surface area contributed by atoms with Crippen LogP contribution in [0.25, 0.3) is 11.1 Å². The summed E-state index contributed by atoms with van der Waals surface area (Å²) >= 11 is 0. The molecule has 2 heterocycles. The van der Waals surface area contributed by atoms with Gasteiger partial charge in [0.1, 0.15) is 11.4 Å². The Morgan fingerprint density at radius 1 is 1.19 bits per heavy atom. The average Bonchev–Trinajstić information content (AvgIpc) is 3.01. The molecule has 0 radical (unpaired) electrons. The first-order valence-corrected chi connectivity index (χ1v) is 8.47. The SMILES string of the molecule is COc1cc(-c2ccc3c(c2)NCN3CC2(O)COC2)cc(C(F)(F)F)c1. The van der Waals surface area contributed by atoms with E-state index in [9.17, 15) is 18.3 Å². The highest BCUT2D eigenvalue weighted by atomic mass is 19.4. The van der Waals surface area contributed by atoms with E-state index in [1.54, 1.807) is 12.1 Å². The van der Waals surface area contributed by atoms with Crippen molar-refractivity contribution in [2.45, 2.75) is 11.8 Å². The largest absolute Gasteiger partial charge is 0.497 e. The van der Waals surface area contributed by atoms with Gasteiger partial charge >= 0.3 is 6.18 Å². The third-order valence-corrected chi connectivity index (χ3v) is 4.83. The number of hydrogen-bond acceptors (Lipinski definition) is 5. The third kappa shape index (κ3) is 3.42. The number of ether oxygens (including phenoxy) is 2. The van der Waals surface area contributed by atoms with Crippen LogP contribution in [0.1, 0.15) is 5.56 Å². The van der Waals surface area contributed by atoms with Crippen molar-refractivity contribution in [2.24, 2.45) is 0 Å². The number of halogens is 3. The van der Waals surface area contributed by atoms with Gasteiger partial charge in [0.05, 0.1) is 50.5 Å². The highest BCUT2D eigenvalue weighted by molar-refractivity contribution is 5.81. The lowest BCUT2D eigenvalue weighted by molar-refractivity contribution is -0.171. The zero-order chi connectivity index (χ0) is 19.2. The van der Waals surface area contributed by atoms with Gasteiger partial charge < -0.3 is 24.8 Å². The van der Waals surface area contributed by atoms with Crippen LogP contribution >= 0.6 is 0 Å². The molecule has 2 aliphatic rings. The normalized spacial score (nSPS) is 17.9. The first-order valence-electron chi connectivity index (χ1n) is 8.47. The van der Waals surface area contributed by atoms with Crippen molar-refractivity contribution in [1.29, 1.82) is 0 Å². The molecule has 8 heteroatoms. The van der Waals surface area contributed by atoms with Gasteiger partial charge in [0, 0.05) is 0 Å². The Kier molecular flexibility index (Phi) is 4.20. The van der Waals surface area contributed by atoms with E-state index in [0.717, 1.165) is 23.5 Å². The smallest absolute Gasteiger partial charge is 0.416 e. The fraction of sp³-hybridized carbons (Fsp3) is 0.368. The topological polar surface area (TPSA) is 54.0 Å². The Morgan fingerprint density at radius 2 is 1.96 bits per heavy atom. The number of aliphatic hydroxyl groups is 1. The van der Waals surface area contributed by atoms with E-state index in [-0.39, 0.29) is 5.75 Å². The van der Waals surface area contributed by atoms with Gasteiger partial charge in [0.15, 0.2) is 0 Å². The molecule has 2 aliphatic heterocycles. The molecule has 2 aromatic rings. The van der Waals surface area contributed by atoms with Crippen LogP contribution in [0.4, 0.5) is 24.5 Å². The number of anilines is 2. The Balaban J connectivity index is 1.65. The van der Waals surface area contributed by atoms with E-state index < -0.39 is 17.3 Å².